The minimum Gasteiger partial charge on any atom is -0.444 e. The van der Waals surface area contributed by atoms with Crippen molar-refractivity contribution in [2.45, 2.75) is 52.7 Å². The van der Waals surface area contributed by atoms with E-state index in [-0.39, 0.29) is 0 Å². The predicted molar refractivity (Wildman–Crippen MR) is 224 cm³/mol. The Bertz CT molecular complexity index is 888. The van der Waals surface area contributed by atoms with E-state index in [1.807, 2.05) is 41.5 Å². The Kier molecular flexibility index (Phi) is 40.9. The fourth-order valence-corrected chi connectivity index (χ4v) is 4.36. The molecule has 0 rings (SSSR count). The number of nitrogens with one attached hydrogen (secondary N) is 2. The molecule has 0 saturated carbocycles. The normalized spacial score (nSPS) is 12.0. The fraction of sp³-hybridized carbons (Fsp3) is 0.950. The molecule has 0 fully saturated rings. The summed E-state index contributed by atoms with van der Waals surface area (Å²) in [6, 6.07) is 0. The van der Waals surface area contributed by atoms with Crippen LogP contribution in [0, 0.1) is 0 Å². The number of hydrogen-bond donors (Lipinski definition) is 3. The summed E-state index contributed by atoms with van der Waals surface area (Å²) in [5.41, 5.74) is 4.33. The second-order valence-electron chi connectivity index (χ2n) is 14.8. The molecule has 0 aliphatic carbocycles. The van der Waals surface area contributed by atoms with Gasteiger partial charge in [-0.3, -0.25) is 4.90 Å². The second-order valence-corrected chi connectivity index (χ2v) is 14.8. The largest absolute Gasteiger partial charge is 0.444 e. The molecule has 0 heterocycles. The van der Waals surface area contributed by atoms with E-state index < -0.39 is 23.4 Å². The Balaban J connectivity index is 4.01. The molecule has 0 radical (unpaired) electrons. The molecule has 0 unspecified atom stereocenters. The molecule has 60 heavy (non-hydrogen) atoms. The lowest BCUT2D eigenvalue weighted by atomic mass is 10.2. The van der Waals surface area contributed by atoms with Gasteiger partial charge in [-0.25, -0.2) is 9.59 Å². The van der Waals surface area contributed by atoms with Crippen LogP contribution in [-0.4, -0.2) is 226 Å². The van der Waals surface area contributed by atoms with Gasteiger partial charge in [-0.15, -0.1) is 0 Å². The summed E-state index contributed by atoms with van der Waals surface area (Å²) in [5.74, 6) is 0. The Morgan fingerprint density at radius 2 is 0.583 bits per heavy atom. The van der Waals surface area contributed by atoms with Gasteiger partial charge in [-0.05, 0) is 41.5 Å². The van der Waals surface area contributed by atoms with Crippen LogP contribution in [0.3, 0.4) is 0 Å². The average molecular weight is 875 g/mol. The Labute approximate surface area is 359 Å². The molecule has 0 spiro atoms. The first kappa shape index (κ1) is 58.0. The third-order valence-corrected chi connectivity index (χ3v) is 7.10. The molecule has 0 aromatic rings. The third-order valence-electron chi connectivity index (χ3n) is 7.10. The van der Waals surface area contributed by atoms with Crippen molar-refractivity contribution in [3.05, 3.63) is 0 Å². The molecule has 20 heteroatoms. The molecule has 4 N–H and O–H groups in total. The number of amides is 2. The van der Waals surface area contributed by atoms with Crippen LogP contribution < -0.4 is 16.4 Å². The maximum atomic E-state index is 11.6. The Morgan fingerprint density at radius 1 is 0.367 bits per heavy atom. The smallest absolute Gasteiger partial charge is 0.407 e. The first-order valence-electron chi connectivity index (χ1n) is 21.2. The van der Waals surface area contributed by atoms with Crippen molar-refractivity contribution in [2.75, 3.05) is 198 Å². The maximum Gasteiger partial charge on any atom is 0.407 e. The lowest BCUT2D eigenvalue weighted by molar-refractivity contribution is -0.0141. The number of hydrogen-bond acceptors (Lipinski definition) is 18. The van der Waals surface area contributed by atoms with Crippen molar-refractivity contribution in [3.63, 3.8) is 0 Å². The van der Waals surface area contributed by atoms with E-state index in [1.54, 1.807) is 0 Å². The molecule has 0 saturated heterocycles. The van der Waals surface area contributed by atoms with Crippen molar-refractivity contribution < 1.29 is 75.9 Å². The topological polar surface area (TPSA) is 217 Å². The molecule has 0 atom stereocenters. The molecular weight excluding hydrogens is 792 g/mol. The van der Waals surface area contributed by atoms with Crippen molar-refractivity contribution in [1.82, 2.24) is 15.5 Å². The van der Waals surface area contributed by atoms with Gasteiger partial charge >= 0.3 is 12.2 Å². The quantitative estimate of drug-likeness (QED) is 0.0740. The predicted octanol–water partition coefficient (Wildman–Crippen LogP) is 1.50. The Hall–Kier alpha value is -2.02. The zero-order chi connectivity index (χ0) is 44.3. The highest BCUT2D eigenvalue weighted by Gasteiger charge is 2.16. The minimum absolute atomic E-state index is 0.366. The van der Waals surface area contributed by atoms with Crippen LogP contribution in [0.15, 0.2) is 0 Å². The molecule has 0 bridgehead atoms. The molecule has 0 aromatic carbocycles. The molecule has 358 valence electrons. The van der Waals surface area contributed by atoms with Gasteiger partial charge in [-0.2, -0.15) is 0 Å². The van der Waals surface area contributed by atoms with Crippen LogP contribution in [0.25, 0.3) is 0 Å². The van der Waals surface area contributed by atoms with E-state index in [1.165, 1.54) is 0 Å². The van der Waals surface area contributed by atoms with Crippen LogP contribution in [0.5, 0.6) is 0 Å². The van der Waals surface area contributed by atoms with Gasteiger partial charge in [-0.1, -0.05) is 0 Å². The first-order valence-corrected chi connectivity index (χ1v) is 21.2. The summed E-state index contributed by atoms with van der Waals surface area (Å²) < 4.78 is 77.2. The van der Waals surface area contributed by atoms with Gasteiger partial charge in [0.25, 0.3) is 0 Å². The highest BCUT2D eigenvalue weighted by Crippen LogP contribution is 2.07. The highest BCUT2D eigenvalue weighted by molar-refractivity contribution is 5.67. The Morgan fingerprint density at radius 3 is 0.817 bits per heavy atom. The van der Waals surface area contributed by atoms with Gasteiger partial charge in [0.05, 0.1) is 159 Å². The third kappa shape index (κ3) is 48.6. The van der Waals surface area contributed by atoms with Crippen molar-refractivity contribution in [3.8, 4) is 0 Å². The van der Waals surface area contributed by atoms with Gasteiger partial charge < -0.3 is 82.7 Å². The highest BCUT2D eigenvalue weighted by atomic mass is 16.6. The average Bonchev–Trinajstić information content (AvgIpc) is 3.17. The molecule has 0 aromatic heterocycles. The number of nitrogens with two attached hydrogens (primary N) is 1. The zero-order valence-corrected chi connectivity index (χ0v) is 37.8. The van der Waals surface area contributed by atoms with E-state index in [2.05, 4.69) is 15.5 Å². The van der Waals surface area contributed by atoms with Crippen LogP contribution in [0.4, 0.5) is 9.59 Å². The summed E-state index contributed by atoms with van der Waals surface area (Å²) in [7, 11) is 0. The number of carbonyl (C=O) groups excluding carboxylic acids is 2. The number of carbonyl (C=O) groups is 2. The minimum atomic E-state index is -0.529. The van der Waals surface area contributed by atoms with Gasteiger partial charge in [0.2, 0.25) is 0 Å². The number of nitrogens with zero attached hydrogens (tertiary/aromatic N) is 1. The summed E-state index contributed by atoms with van der Waals surface area (Å²) in [4.78, 5) is 25.4. The van der Waals surface area contributed by atoms with Gasteiger partial charge in [0.15, 0.2) is 0 Å². The summed E-state index contributed by atoms with van der Waals surface area (Å²) in [6.07, 6.45) is -0.925. The van der Waals surface area contributed by atoms with Crippen LogP contribution in [0.1, 0.15) is 41.5 Å². The van der Waals surface area contributed by atoms with E-state index in [4.69, 9.17) is 72.0 Å². The number of alkyl carbamates (subject to hydrolysis) is 2. The van der Waals surface area contributed by atoms with E-state index >= 15 is 0 Å². The lowest BCUT2D eigenvalue weighted by Crippen LogP contribution is -2.34. The summed E-state index contributed by atoms with van der Waals surface area (Å²) >= 11 is 0. The number of rotatable bonds is 44. The van der Waals surface area contributed by atoms with Gasteiger partial charge in [0, 0.05) is 39.3 Å². The van der Waals surface area contributed by atoms with Crippen LogP contribution in [0.2, 0.25) is 0 Å². The molecule has 2 amide bonds. The zero-order valence-electron chi connectivity index (χ0n) is 37.8. The summed E-state index contributed by atoms with van der Waals surface area (Å²) in [5, 5.41) is 5.28. The van der Waals surface area contributed by atoms with Gasteiger partial charge in [0.1, 0.15) is 11.2 Å². The van der Waals surface area contributed by atoms with E-state index in [9.17, 15) is 9.59 Å². The SMILES string of the molecule is CC(C)(C)OC(=O)NCCOCCOCCOCCOCCN(CCOCCOCCOCCOCCN)CCOCCOCCOCCOCCNC(=O)OC(C)(C)C. The van der Waals surface area contributed by atoms with E-state index in [0.29, 0.717) is 198 Å². The monoisotopic (exact) mass is 875 g/mol. The van der Waals surface area contributed by atoms with Crippen LogP contribution in [-0.2, 0) is 66.3 Å². The standard InChI is InChI=1S/C40H82N4O16/c1-39(2,3)59-37(45)42-8-14-48-20-26-54-32-35-57-29-23-51-17-11-44(10-16-50-22-28-56-34-31-53-25-19-47-13-7-41)12-18-52-24-30-58-36-33-55-27-21-49-15-9-43-38(46)60-40(4,5)6/h7-36,41H2,1-6H3,(H,42,45)(H,43,46). The van der Waals surface area contributed by atoms with Crippen molar-refractivity contribution in [2.24, 2.45) is 5.73 Å². The molecule has 0 aliphatic rings. The van der Waals surface area contributed by atoms with E-state index in [0.717, 1.165) is 0 Å². The molecular formula is C40H82N4O16. The van der Waals surface area contributed by atoms with Crippen LogP contribution >= 0.6 is 0 Å². The molecule has 20 nitrogen and oxygen atoms in total. The molecule has 0 aliphatic heterocycles. The summed E-state index contributed by atoms with van der Waals surface area (Å²) in [6.45, 7) is 25.6. The van der Waals surface area contributed by atoms with Crippen molar-refractivity contribution in [1.29, 1.82) is 0 Å². The maximum absolute atomic E-state index is 11.6. The first-order chi connectivity index (χ1) is 28.9. The lowest BCUT2D eigenvalue weighted by Gasteiger charge is -2.22. The second kappa shape index (κ2) is 42.3. The number of ether oxygens (including phenoxy) is 14. The van der Waals surface area contributed by atoms with Crippen molar-refractivity contribution >= 4 is 12.2 Å². The fourth-order valence-electron chi connectivity index (χ4n) is 4.36.